The van der Waals surface area contributed by atoms with Crippen molar-refractivity contribution >= 4 is 11.0 Å². The number of aryl methyl sites for hydroxylation is 1. The molecular weight excluding hydrogens is 268 g/mol. The van der Waals surface area contributed by atoms with Gasteiger partial charge in [-0.3, -0.25) is 0 Å². The smallest absolute Gasteiger partial charge is 0.336 e. The third kappa shape index (κ3) is 2.36. The molecule has 21 heavy (non-hydrogen) atoms. The molecule has 3 aromatic rings. The lowest BCUT2D eigenvalue weighted by molar-refractivity contribution is 0.415. The largest absolute Gasteiger partial charge is 0.507 e. The second-order valence-corrected chi connectivity index (χ2v) is 4.84. The van der Waals surface area contributed by atoms with E-state index in [9.17, 15) is 9.90 Å². The number of aromatic hydroxyl groups is 1. The molecule has 0 saturated carbocycles. The van der Waals surface area contributed by atoms with Gasteiger partial charge in [-0.15, -0.1) is 0 Å². The maximum atomic E-state index is 11.4. The van der Waals surface area contributed by atoms with Crippen molar-refractivity contribution in [2.45, 2.75) is 6.92 Å². The molecule has 0 bridgehead atoms. The van der Waals surface area contributed by atoms with Gasteiger partial charge in [0.2, 0.25) is 0 Å². The van der Waals surface area contributed by atoms with E-state index in [4.69, 9.17) is 9.15 Å². The molecule has 1 aromatic heterocycles. The molecule has 106 valence electrons. The normalized spacial score (nSPS) is 10.8. The number of benzene rings is 2. The first-order valence-electron chi connectivity index (χ1n) is 6.50. The standard InChI is InChI=1S/C17H14O4/c1-10-7-17(19)21-16-9-15(18)14(8-13(10)16)11-3-5-12(20-2)6-4-11/h3-9,18H,1-2H3. The highest BCUT2D eigenvalue weighted by atomic mass is 16.5. The second-order valence-electron chi connectivity index (χ2n) is 4.84. The van der Waals surface area contributed by atoms with Gasteiger partial charge in [0.25, 0.3) is 0 Å². The quantitative estimate of drug-likeness (QED) is 0.731. The van der Waals surface area contributed by atoms with Gasteiger partial charge in [-0.1, -0.05) is 12.1 Å². The molecular formula is C17H14O4. The van der Waals surface area contributed by atoms with Gasteiger partial charge in [-0.2, -0.15) is 0 Å². The summed E-state index contributed by atoms with van der Waals surface area (Å²) in [6, 6.07) is 12.1. The predicted molar refractivity (Wildman–Crippen MR) is 80.9 cm³/mol. The van der Waals surface area contributed by atoms with Crippen molar-refractivity contribution in [3.63, 3.8) is 0 Å². The first kappa shape index (κ1) is 13.2. The second kappa shape index (κ2) is 4.98. The minimum Gasteiger partial charge on any atom is -0.507 e. The summed E-state index contributed by atoms with van der Waals surface area (Å²) < 4.78 is 10.2. The van der Waals surface area contributed by atoms with E-state index in [2.05, 4.69) is 0 Å². The molecule has 0 unspecified atom stereocenters. The van der Waals surface area contributed by atoms with Gasteiger partial charge in [0.15, 0.2) is 0 Å². The van der Waals surface area contributed by atoms with E-state index in [1.54, 1.807) is 7.11 Å². The first-order chi connectivity index (χ1) is 10.1. The average molecular weight is 282 g/mol. The molecule has 0 saturated heterocycles. The fourth-order valence-corrected chi connectivity index (χ4v) is 2.36. The van der Waals surface area contributed by atoms with Gasteiger partial charge in [-0.05, 0) is 36.2 Å². The monoisotopic (exact) mass is 282 g/mol. The van der Waals surface area contributed by atoms with E-state index in [1.165, 1.54) is 12.1 Å². The summed E-state index contributed by atoms with van der Waals surface area (Å²) in [5.41, 5.74) is 2.32. The van der Waals surface area contributed by atoms with Crippen LogP contribution in [0.4, 0.5) is 0 Å². The highest BCUT2D eigenvalue weighted by molar-refractivity contribution is 5.89. The van der Waals surface area contributed by atoms with Crippen LogP contribution in [0.15, 0.2) is 51.7 Å². The minimum atomic E-state index is -0.420. The zero-order valence-corrected chi connectivity index (χ0v) is 11.7. The summed E-state index contributed by atoms with van der Waals surface area (Å²) in [7, 11) is 1.61. The summed E-state index contributed by atoms with van der Waals surface area (Å²) in [6.45, 7) is 1.84. The summed E-state index contributed by atoms with van der Waals surface area (Å²) in [6.07, 6.45) is 0. The SMILES string of the molecule is COc1ccc(-c2cc3c(C)cc(=O)oc3cc2O)cc1. The third-order valence-corrected chi connectivity index (χ3v) is 3.47. The van der Waals surface area contributed by atoms with Crippen LogP contribution < -0.4 is 10.4 Å². The molecule has 0 radical (unpaired) electrons. The molecule has 1 heterocycles. The summed E-state index contributed by atoms with van der Waals surface area (Å²) in [5.74, 6) is 0.822. The predicted octanol–water partition coefficient (Wildman–Crippen LogP) is 3.48. The van der Waals surface area contributed by atoms with Crippen molar-refractivity contribution in [1.29, 1.82) is 0 Å². The van der Waals surface area contributed by atoms with Crippen LogP contribution in [0, 0.1) is 6.92 Å². The number of phenols is 1. The lowest BCUT2D eigenvalue weighted by Gasteiger charge is -2.09. The fraction of sp³-hybridized carbons (Fsp3) is 0.118. The Labute approximate surface area is 121 Å². The Kier molecular flexibility index (Phi) is 3.14. The van der Waals surface area contributed by atoms with Crippen molar-refractivity contribution in [3.05, 3.63) is 58.4 Å². The van der Waals surface area contributed by atoms with Gasteiger partial charge in [-0.25, -0.2) is 4.79 Å². The molecule has 1 N–H and O–H groups in total. The Morgan fingerprint density at radius 2 is 1.81 bits per heavy atom. The van der Waals surface area contributed by atoms with Crippen LogP contribution in [-0.4, -0.2) is 12.2 Å². The third-order valence-electron chi connectivity index (χ3n) is 3.47. The Bertz CT molecular complexity index is 860. The Balaban J connectivity index is 2.22. The maximum absolute atomic E-state index is 11.4. The summed E-state index contributed by atoms with van der Waals surface area (Å²) in [4.78, 5) is 11.4. The van der Waals surface area contributed by atoms with Gasteiger partial charge < -0.3 is 14.3 Å². The molecule has 3 rings (SSSR count). The maximum Gasteiger partial charge on any atom is 0.336 e. The van der Waals surface area contributed by atoms with Gasteiger partial charge >= 0.3 is 5.63 Å². The molecule has 2 aromatic carbocycles. The van der Waals surface area contributed by atoms with Crippen LogP contribution in [0.3, 0.4) is 0 Å². The number of fused-ring (bicyclic) bond motifs is 1. The average Bonchev–Trinajstić information content (AvgIpc) is 2.46. The molecule has 0 aliphatic carbocycles. The molecule has 0 aliphatic heterocycles. The van der Waals surface area contributed by atoms with Crippen molar-refractivity contribution in [3.8, 4) is 22.6 Å². The highest BCUT2D eigenvalue weighted by Crippen LogP contribution is 2.34. The van der Waals surface area contributed by atoms with Gasteiger partial charge in [0.1, 0.15) is 17.1 Å². The van der Waals surface area contributed by atoms with E-state index >= 15 is 0 Å². The first-order valence-corrected chi connectivity index (χ1v) is 6.50. The fourth-order valence-electron chi connectivity index (χ4n) is 2.36. The Morgan fingerprint density at radius 3 is 2.48 bits per heavy atom. The number of methoxy groups -OCH3 is 1. The van der Waals surface area contributed by atoms with Crippen molar-refractivity contribution in [1.82, 2.24) is 0 Å². The minimum absolute atomic E-state index is 0.0708. The number of hydrogen-bond acceptors (Lipinski definition) is 4. The Morgan fingerprint density at radius 1 is 1.10 bits per heavy atom. The van der Waals surface area contributed by atoms with E-state index < -0.39 is 5.63 Å². The molecule has 0 aliphatic rings. The van der Waals surface area contributed by atoms with Crippen LogP contribution in [-0.2, 0) is 0 Å². The van der Waals surface area contributed by atoms with Crippen LogP contribution in [0.25, 0.3) is 22.1 Å². The molecule has 0 amide bonds. The topological polar surface area (TPSA) is 59.7 Å². The lowest BCUT2D eigenvalue weighted by atomic mass is 10.0. The summed E-state index contributed by atoms with van der Waals surface area (Å²) >= 11 is 0. The number of phenolic OH excluding ortho intramolecular Hbond substituents is 1. The molecule has 0 fully saturated rings. The van der Waals surface area contributed by atoms with Crippen LogP contribution >= 0.6 is 0 Å². The van der Waals surface area contributed by atoms with Gasteiger partial charge in [0, 0.05) is 23.1 Å². The molecule has 0 atom stereocenters. The van der Waals surface area contributed by atoms with E-state index in [-0.39, 0.29) is 5.75 Å². The van der Waals surface area contributed by atoms with Crippen LogP contribution in [0.2, 0.25) is 0 Å². The van der Waals surface area contributed by atoms with Crippen molar-refractivity contribution in [2.75, 3.05) is 7.11 Å². The van der Waals surface area contributed by atoms with E-state index in [0.29, 0.717) is 11.1 Å². The number of rotatable bonds is 2. The van der Waals surface area contributed by atoms with Crippen LogP contribution in [0.1, 0.15) is 5.56 Å². The van der Waals surface area contributed by atoms with E-state index in [0.717, 1.165) is 22.3 Å². The van der Waals surface area contributed by atoms with E-state index in [1.807, 2.05) is 37.3 Å². The molecule has 0 spiro atoms. The Hall–Kier alpha value is -2.75. The van der Waals surface area contributed by atoms with Crippen molar-refractivity contribution < 1.29 is 14.3 Å². The highest BCUT2D eigenvalue weighted by Gasteiger charge is 2.10. The van der Waals surface area contributed by atoms with Crippen molar-refractivity contribution in [2.24, 2.45) is 0 Å². The zero-order valence-electron chi connectivity index (χ0n) is 11.7. The zero-order chi connectivity index (χ0) is 15.0. The summed E-state index contributed by atoms with van der Waals surface area (Å²) in [5, 5.41) is 11.0. The number of ether oxygens (including phenoxy) is 1. The molecule has 4 nitrogen and oxygen atoms in total. The van der Waals surface area contributed by atoms with Crippen LogP contribution in [0.5, 0.6) is 11.5 Å². The molecule has 4 heteroatoms. The van der Waals surface area contributed by atoms with Gasteiger partial charge in [0.05, 0.1) is 7.11 Å². The lowest BCUT2D eigenvalue weighted by Crippen LogP contribution is -1.98. The number of hydrogen-bond donors (Lipinski definition) is 1.